The summed E-state index contributed by atoms with van der Waals surface area (Å²) in [4.78, 5) is 11.7. The molecule has 0 bridgehead atoms. The summed E-state index contributed by atoms with van der Waals surface area (Å²) in [6.07, 6.45) is 0. The van der Waals surface area contributed by atoms with Crippen LogP contribution in [0.4, 0.5) is 0 Å². The summed E-state index contributed by atoms with van der Waals surface area (Å²) in [5.41, 5.74) is 0.647. The zero-order valence-electron chi connectivity index (χ0n) is 4.90. The SMILES string of the molecule is Cc1s[nH]c(=O)c1CCl. The van der Waals surface area contributed by atoms with E-state index in [9.17, 15) is 4.79 Å². The summed E-state index contributed by atoms with van der Waals surface area (Å²) in [6.45, 7) is 1.88. The van der Waals surface area contributed by atoms with Crippen LogP contribution in [-0.2, 0) is 5.88 Å². The number of aryl methyl sites for hydroxylation is 1. The molecule has 0 amide bonds. The Hall–Kier alpha value is -0.280. The van der Waals surface area contributed by atoms with Gasteiger partial charge in [-0.3, -0.25) is 9.17 Å². The number of alkyl halides is 1. The van der Waals surface area contributed by atoms with E-state index in [0.717, 1.165) is 4.88 Å². The lowest BCUT2D eigenvalue weighted by Gasteiger charge is -1.83. The first kappa shape index (κ1) is 6.83. The summed E-state index contributed by atoms with van der Waals surface area (Å²) < 4.78 is 2.59. The lowest BCUT2D eigenvalue weighted by Crippen LogP contribution is -2.03. The van der Waals surface area contributed by atoms with Gasteiger partial charge in [0.2, 0.25) is 0 Å². The first-order valence-corrected chi connectivity index (χ1v) is 3.83. The van der Waals surface area contributed by atoms with Gasteiger partial charge in [0, 0.05) is 10.4 Å². The van der Waals surface area contributed by atoms with Gasteiger partial charge in [-0.25, -0.2) is 0 Å². The van der Waals surface area contributed by atoms with Crippen molar-refractivity contribution in [2.75, 3.05) is 0 Å². The van der Waals surface area contributed by atoms with Gasteiger partial charge in [0.1, 0.15) is 0 Å². The second kappa shape index (κ2) is 2.54. The van der Waals surface area contributed by atoms with E-state index in [1.165, 1.54) is 11.5 Å². The summed E-state index contributed by atoms with van der Waals surface area (Å²) >= 11 is 6.80. The van der Waals surface area contributed by atoms with Crippen molar-refractivity contribution >= 4 is 23.1 Å². The van der Waals surface area contributed by atoms with E-state index in [0.29, 0.717) is 11.4 Å². The zero-order chi connectivity index (χ0) is 6.85. The summed E-state index contributed by atoms with van der Waals surface area (Å²) in [7, 11) is 0. The summed E-state index contributed by atoms with van der Waals surface area (Å²) in [6, 6.07) is 0. The molecule has 0 aliphatic carbocycles. The van der Waals surface area contributed by atoms with Crippen LogP contribution in [0.15, 0.2) is 4.79 Å². The maximum absolute atomic E-state index is 10.7. The molecule has 0 aromatic carbocycles. The van der Waals surface area contributed by atoms with Gasteiger partial charge >= 0.3 is 0 Å². The number of aromatic nitrogens is 1. The normalized spacial score (nSPS) is 10.0. The average Bonchev–Trinajstić information content (AvgIpc) is 2.12. The Kier molecular flexibility index (Phi) is 1.93. The largest absolute Gasteiger partial charge is 0.277 e. The highest BCUT2D eigenvalue weighted by Crippen LogP contribution is 2.08. The highest BCUT2D eigenvalue weighted by molar-refractivity contribution is 7.05. The molecule has 0 spiro atoms. The van der Waals surface area contributed by atoms with Crippen molar-refractivity contribution in [3.8, 4) is 0 Å². The molecule has 0 aliphatic rings. The van der Waals surface area contributed by atoms with Crippen LogP contribution >= 0.6 is 23.1 Å². The third kappa shape index (κ3) is 1.17. The van der Waals surface area contributed by atoms with Crippen molar-refractivity contribution < 1.29 is 0 Å². The molecule has 0 atom stereocenters. The molecule has 50 valence electrons. The Morgan fingerprint density at radius 1 is 1.78 bits per heavy atom. The molecule has 0 unspecified atom stereocenters. The van der Waals surface area contributed by atoms with Gasteiger partial charge in [-0.1, -0.05) is 11.5 Å². The monoisotopic (exact) mass is 163 g/mol. The van der Waals surface area contributed by atoms with E-state index < -0.39 is 0 Å². The number of aromatic amines is 1. The maximum atomic E-state index is 10.7. The van der Waals surface area contributed by atoms with Gasteiger partial charge in [0.25, 0.3) is 5.56 Å². The predicted octanol–water partition coefficient (Wildman–Crippen LogP) is 1.48. The van der Waals surface area contributed by atoms with Crippen LogP contribution in [0.25, 0.3) is 0 Å². The lowest BCUT2D eigenvalue weighted by atomic mass is 10.3. The van der Waals surface area contributed by atoms with Crippen molar-refractivity contribution in [1.29, 1.82) is 0 Å². The Morgan fingerprint density at radius 2 is 2.44 bits per heavy atom. The smallest absolute Gasteiger partial charge is 0.262 e. The van der Waals surface area contributed by atoms with Gasteiger partial charge < -0.3 is 0 Å². The second-order valence-electron chi connectivity index (χ2n) is 1.70. The van der Waals surface area contributed by atoms with Gasteiger partial charge in [-0.15, -0.1) is 11.6 Å². The minimum atomic E-state index is -0.0486. The average molecular weight is 164 g/mol. The van der Waals surface area contributed by atoms with Crippen LogP contribution in [0.5, 0.6) is 0 Å². The van der Waals surface area contributed by atoms with E-state index >= 15 is 0 Å². The van der Waals surface area contributed by atoms with Crippen LogP contribution in [0.3, 0.4) is 0 Å². The molecule has 1 aromatic rings. The Balaban J connectivity index is 3.23. The molecule has 9 heavy (non-hydrogen) atoms. The topological polar surface area (TPSA) is 32.9 Å². The first-order valence-electron chi connectivity index (χ1n) is 2.48. The summed E-state index contributed by atoms with van der Waals surface area (Å²) in [5, 5.41) is 0. The number of rotatable bonds is 1. The molecule has 0 fully saturated rings. The predicted molar refractivity (Wildman–Crippen MR) is 39.2 cm³/mol. The highest BCUT2D eigenvalue weighted by atomic mass is 35.5. The number of nitrogens with one attached hydrogen (secondary N) is 1. The molecule has 1 rings (SSSR count). The quantitative estimate of drug-likeness (QED) is 0.626. The van der Waals surface area contributed by atoms with Crippen LogP contribution in [0.1, 0.15) is 10.4 Å². The summed E-state index contributed by atoms with van der Waals surface area (Å²) in [5.74, 6) is 0.310. The lowest BCUT2D eigenvalue weighted by molar-refractivity contribution is 1.27. The number of halogens is 1. The van der Waals surface area contributed by atoms with E-state index in [2.05, 4.69) is 4.37 Å². The zero-order valence-corrected chi connectivity index (χ0v) is 6.47. The molecular weight excluding hydrogens is 158 g/mol. The van der Waals surface area contributed by atoms with Crippen molar-refractivity contribution in [3.63, 3.8) is 0 Å². The van der Waals surface area contributed by atoms with Crippen molar-refractivity contribution in [2.45, 2.75) is 12.8 Å². The van der Waals surface area contributed by atoms with Crippen LogP contribution in [-0.4, -0.2) is 4.37 Å². The fraction of sp³-hybridized carbons (Fsp3) is 0.400. The Labute approximate surface area is 61.6 Å². The molecule has 4 heteroatoms. The Bertz CT molecular complexity index is 252. The standard InChI is InChI=1S/C5H6ClNOS/c1-3-4(2-6)5(8)7-9-3/h2H2,1H3,(H,7,8). The molecular formula is C5H6ClNOS. The number of hydrogen-bond donors (Lipinski definition) is 1. The van der Waals surface area contributed by atoms with E-state index in [1.54, 1.807) is 0 Å². The highest BCUT2D eigenvalue weighted by Gasteiger charge is 2.02. The molecule has 2 nitrogen and oxygen atoms in total. The minimum Gasteiger partial charge on any atom is -0.277 e. The van der Waals surface area contributed by atoms with Gasteiger partial charge in [-0.05, 0) is 6.92 Å². The van der Waals surface area contributed by atoms with Gasteiger partial charge in [0.15, 0.2) is 0 Å². The number of hydrogen-bond acceptors (Lipinski definition) is 2. The third-order valence-electron chi connectivity index (χ3n) is 1.13. The minimum absolute atomic E-state index is 0.0486. The fourth-order valence-corrected chi connectivity index (χ4v) is 1.62. The molecule has 0 saturated heterocycles. The first-order chi connectivity index (χ1) is 4.25. The van der Waals surface area contributed by atoms with E-state index in [-0.39, 0.29) is 5.56 Å². The van der Waals surface area contributed by atoms with Crippen molar-refractivity contribution in [1.82, 2.24) is 4.37 Å². The van der Waals surface area contributed by atoms with Gasteiger partial charge in [-0.2, -0.15) is 0 Å². The molecule has 1 N–H and O–H groups in total. The molecule has 0 aliphatic heterocycles. The second-order valence-corrected chi connectivity index (χ2v) is 2.99. The number of H-pyrrole nitrogens is 1. The fourth-order valence-electron chi connectivity index (χ4n) is 0.561. The Morgan fingerprint density at radius 3 is 2.67 bits per heavy atom. The maximum Gasteiger partial charge on any atom is 0.262 e. The molecule has 1 aromatic heterocycles. The van der Waals surface area contributed by atoms with Crippen LogP contribution in [0.2, 0.25) is 0 Å². The van der Waals surface area contributed by atoms with Crippen LogP contribution in [0, 0.1) is 6.92 Å². The third-order valence-corrected chi connectivity index (χ3v) is 2.24. The van der Waals surface area contributed by atoms with Crippen molar-refractivity contribution in [2.24, 2.45) is 0 Å². The molecule has 0 saturated carbocycles. The molecule has 0 radical (unpaired) electrons. The van der Waals surface area contributed by atoms with E-state index in [4.69, 9.17) is 11.6 Å². The van der Waals surface area contributed by atoms with E-state index in [1.807, 2.05) is 6.92 Å². The van der Waals surface area contributed by atoms with Crippen LogP contribution < -0.4 is 5.56 Å². The molecule has 1 heterocycles. The van der Waals surface area contributed by atoms with Gasteiger partial charge in [0.05, 0.1) is 5.88 Å². The van der Waals surface area contributed by atoms with Crippen molar-refractivity contribution in [3.05, 3.63) is 20.8 Å².